The highest BCUT2D eigenvalue weighted by molar-refractivity contribution is 7.11. The van der Waals surface area contributed by atoms with Gasteiger partial charge in [-0.25, -0.2) is 0 Å². The summed E-state index contributed by atoms with van der Waals surface area (Å²) in [4.78, 5) is 2.91. The van der Waals surface area contributed by atoms with Crippen molar-refractivity contribution in [1.82, 2.24) is 0 Å². The largest absolute Gasteiger partial charge is 0.342 e. The number of hydrogen-bond acceptors (Lipinski definition) is 1. The van der Waals surface area contributed by atoms with Crippen LogP contribution in [0, 0.1) is 12.8 Å². The first-order valence-electron chi connectivity index (χ1n) is 4.55. The molecule has 68 valence electrons. The molecule has 0 aliphatic carbocycles. The Morgan fingerprint density at radius 2 is 2.17 bits per heavy atom. The second-order valence-corrected chi connectivity index (χ2v) is 5.01. The van der Waals surface area contributed by atoms with Gasteiger partial charge < -0.3 is 5.32 Å². The maximum atomic E-state index is 2.38. The second kappa shape index (κ2) is 4.63. The summed E-state index contributed by atoms with van der Waals surface area (Å²) >= 11 is 1.91. The van der Waals surface area contributed by atoms with Crippen LogP contribution in [-0.2, 0) is 6.54 Å². The molecule has 0 bridgehead atoms. The molecule has 0 aromatic carbocycles. The first kappa shape index (κ1) is 9.75. The van der Waals surface area contributed by atoms with Crippen LogP contribution in [0.4, 0.5) is 0 Å². The molecule has 0 aliphatic heterocycles. The van der Waals surface area contributed by atoms with Gasteiger partial charge in [0.25, 0.3) is 0 Å². The summed E-state index contributed by atoms with van der Waals surface area (Å²) in [5, 5.41) is 2.38. The minimum atomic E-state index is 0.797. The summed E-state index contributed by atoms with van der Waals surface area (Å²) in [6.07, 6.45) is 0. The van der Waals surface area contributed by atoms with Crippen LogP contribution in [-0.4, -0.2) is 6.54 Å². The Hall–Kier alpha value is -0.340. The second-order valence-electron chi connectivity index (χ2n) is 3.63. The Morgan fingerprint density at radius 1 is 1.42 bits per heavy atom. The highest BCUT2D eigenvalue weighted by Gasteiger charge is 1.99. The Balaban J connectivity index is 2.24. The van der Waals surface area contributed by atoms with Crippen LogP contribution < -0.4 is 5.32 Å². The molecule has 1 aromatic rings. The molecule has 0 unspecified atom stereocenters. The number of thiophene rings is 1. The zero-order valence-electron chi connectivity index (χ0n) is 8.13. The molecule has 0 saturated heterocycles. The Labute approximate surface area is 78.8 Å². The fourth-order valence-corrected chi connectivity index (χ4v) is 2.04. The van der Waals surface area contributed by atoms with E-state index in [-0.39, 0.29) is 0 Å². The van der Waals surface area contributed by atoms with E-state index in [1.165, 1.54) is 16.3 Å². The third kappa shape index (κ3) is 3.37. The lowest BCUT2D eigenvalue weighted by Gasteiger charge is -2.01. The molecule has 0 spiro atoms. The molecule has 1 aromatic heterocycles. The van der Waals surface area contributed by atoms with E-state index < -0.39 is 0 Å². The van der Waals surface area contributed by atoms with Crippen molar-refractivity contribution in [3.8, 4) is 0 Å². The molecule has 1 rings (SSSR count). The van der Waals surface area contributed by atoms with E-state index in [4.69, 9.17) is 0 Å². The molecule has 12 heavy (non-hydrogen) atoms. The summed E-state index contributed by atoms with van der Waals surface area (Å²) in [7, 11) is 0. The van der Waals surface area contributed by atoms with Gasteiger partial charge in [0, 0.05) is 10.8 Å². The third-order valence-electron chi connectivity index (χ3n) is 1.78. The average molecular weight is 184 g/mol. The lowest BCUT2D eigenvalue weighted by molar-refractivity contribution is -0.674. The van der Waals surface area contributed by atoms with Crippen molar-refractivity contribution in [2.45, 2.75) is 27.3 Å². The number of aryl methyl sites for hydroxylation is 1. The highest BCUT2D eigenvalue weighted by Crippen LogP contribution is 2.13. The molecule has 2 N–H and O–H groups in total. The van der Waals surface area contributed by atoms with Crippen molar-refractivity contribution in [3.05, 3.63) is 21.9 Å². The van der Waals surface area contributed by atoms with Crippen LogP contribution in [0.25, 0.3) is 0 Å². The Bertz CT molecular complexity index is 227. The topological polar surface area (TPSA) is 16.6 Å². The van der Waals surface area contributed by atoms with E-state index in [1.54, 1.807) is 0 Å². The molecule has 0 saturated carbocycles. The van der Waals surface area contributed by atoms with Crippen LogP contribution in [0.5, 0.6) is 0 Å². The van der Waals surface area contributed by atoms with Crippen LogP contribution in [0.2, 0.25) is 0 Å². The first-order chi connectivity index (χ1) is 5.68. The standard InChI is InChI=1S/C10H17NS/c1-8(2)6-11-7-10-5-4-9(3)12-10/h4-5,8,11H,6-7H2,1-3H3/p+1. The lowest BCUT2D eigenvalue weighted by Crippen LogP contribution is -2.83. The molecule has 0 atom stereocenters. The van der Waals surface area contributed by atoms with E-state index in [2.05, 4.69) is 38.2 Å². The highest BCUT2D eigenvalue weighted by atomic mass is 32.1. The van der Waals surface area contributed by atoms with Gasteiger partial charge >= 0.3 is 0 Å². The zero-order valence-corrected chi connectivity index (χ0v) is 8.95. The Kier molecular flexibility index (Phi) is 3.76. The van der Waals surface area contributed by atoms with E-state index >= 15 is 0 Å². The van der Waals surface area contributed by atoms with E-state index in [0.29, 0.717) is 0 Å². The maximum Gasteiger partial charge on any atom is 0.111 e. The van der Waals surface area contributed by atoms with Gasteiger partial charge in [-0.1, -0.05) is 13.8 Å². The van der Waals surface area contributed by atoms with Crippen molar-refractivity contribution < 1.29 is 5.32 Å². The lowest BCUT2D eigenvalue weighted by atomic mass is 10.2. The van der Waals surface area contributed by atoms with Gasteiger partial charge in [0.2, 0.25) is 0 Å². The molecular formula is C10H18NS+. The normalized spacial score (nSPS) is 11.0. The van der Waals surface area contributed by atoms with Gasteiger partial charge in [0.15, 0.2) is 0 Å². The molecule has 1 heterocycles. The fraction of sp³-hybridized carbons (Fsp3) is 0.600. The molecule has 0 fully saturated rings. The van der Waals surface area contributed by atoms with Gasteiger partial charge in [-0.3, -0.25) is 0 Å². The average Bonchev–Trinajstić information content (AvgIpc) is 2.35. The smallest absolute Gasteiger partial charge is 0.111 e. The monoisotopic (exact) mass is 184 g/mol. The molecule has 0 aliphatic rings. The van der Waals surface area contributed by atoms with E-state index in [9.17, 15) is 0 Å². The SMILES string of the molecule is Cc1ccc(C[NH2+]CC(C)C)s1. The van der Waals surface area contributed by atoms with Crippen molar-refractivity contribution in [2.24, 2.45) is 5.92 Å². The Morgan fingerprint density at radius 3 is 2.67 bits per heavy atom. The zero-order chi connectivity index (χ0) is 8.97. The van der Waals surface area contributed by atoms with Crippen LogP contribution in [0.1, 0.15) is 23.6 Å². The number of hydrogen-bond donors (Lipinski definition) is 1. The van der Waals surface area contributed by atoms with Gasteiger partial charge in [0.1, 0.15) is 6.54 Å². The predicted molar refractivity (Wildman–Crippen MR) is 54.4 cm³/mol. The molecule has 2 heteroatoms. The molecule has 0 amide bonds. The summed E-state index contributed by atoms with van der Waals surface area (Å²) < 4.78 is 0. The van der Waals surface area contributed by atoms with Gasteiger partial charge in [-0.15, -0.1) is 11.3 Å². The number of rotatable bonds is 4. The fourth-order valence-electron chi connectivity index (χ4n) is 1.15. The van der Waals surface area contributed by atoms with Gasteiger partial charge in [-0.05, 0) is 19.1 Å². The first-order valence-corrected chi connectivity index (χ1v) is 5.37. The van der Waals surface area contributed by atoms with Gasteiger partial charge in [-0.2, -0.15) is 0 Å². The predicted octanol–water partition coefficient (Wildman–Crippen LogP) is 1.78. The maximum absolute atomic E-state index is 2.38. The minimum Gasteiger partial charge on any atom is -0.342 e. The molecule has 1 nitrogen and oxygen atoms in total. The number of quaternary nitrogens is 1. The van der Waals surface area contributed by atoms with E-state index in [1.807, 2.05) is 11.3 Å². The van der Waals surface area contributed by atoms with Crippen LogP contribution in [0.3, 0.4) is 0 Å². The van der Waals surface area contributed by atoms with Crippen molar-refractivity contribution in [1.29, 1.82) is 0 Å². The molecular weight excluding hydrogens is 166 g/mol. The van der Waals surface area contributed by atoms with Crippen molar-refractivity contribution >= 4 is 11.3 Å². The number of nitrogens with two attached hydrogens (primary N) is 1. The minimum absolute atomic E-state index is 0.797. The quantitative estimate of drug-likeness (QED) is 0.734. The summed E-state index contributed by atoms with van der Waals surface area (Å²) in [5.41, 5.74) is 0. The van der Waals surface area contributed by atoms with Crippen molar-refractivity contribution in [2.75, 3.05) is 6.54 Å². The molecule has 0 radical (unpaired) electrons. The third-order valence-corrected chi connectivity index (χ3v) is 2.80. The van der Waals surface area contributed by atoms with Crippen molar-refractivity contribution in [3.63, 3.8) is 0 Å². The van der Waals surface area contributed by atoms with E-state index in [0.717, 1.165) is 12.5 Å². The van der Waals surface area contributed by atoms with Crippen LogP contribution in [0.15, 0.2) is 12.1 Å². The summed E-state index contributed by atoms with van der Waals surface area (Å²) in [5.74, 6) is 0.797. The summed E-state index contributed by atoms with van der Waals surface area (Å²) in [6.45, 7) is 9.07. The summed E-state index contributed by atoms with van der Waals surface area (Å²) in [6, 6.07) is 4.43. The van der Waals surface area contributed by atoms with Crippen LogP contribution >= 0.6 is 11.3 Å². The van der Waals surface area contributed by atoms with Gasteiger partial charge in [0.05, 0.1) is 11.4 Å².